The minimum atomic E-state index is -0.625. The Bertz CT molecular complexity index is 861. The Labute approximate surface area is 176 Å². The second-order valence-corrected chi connectivity index (χ2v) is 8.87. The van der Waals surface area contributed by atoms with Gasteiger partial charge in [-0.1, -0.05) is 30.3 Å². The molecule has 6 nitrogen and oxygen atoms in total. The second-order valence-electron chi connectivity index (χ2n) is 8.01. The minimum Gasteiger partial charge on any atom is -0.337 e. The van der Waals surface area contributed by atoms with Crippen LogP contribution in [0.2, 0.25) is 0 Å². The van der Waals surface area contributed by atoms with Crippen LogP contribution in [-0.4, -0.2) is 59.0 Å². The Morgan fingerprint density at radius 3 is 2.52 bits per heavy atom. The van der Waals surface area contributed by atoms with E-state index in [2.05, 4.69) is 38.7 Å². The molecule has 1 amide bonds. The van der Waals surface area contributed by atoms with Gasteiger partial charge in [0, 0.05) is 43.7 Å². The van der Waals surface area contributed by atoms with E-state index in [4.69, 9.17) is 4.98 Å². The van der Waals surface area contributed by atoms with Gasteiger partial charge in [-0.25, -0.2) is 4.98 Å². The molecule has 0 atom stereocenters. The van der Waals surface area contributed by atoms with Crippen LogP contribution in [0.25, 0.3) is 10.6 Å². The van der Waals surface area contributed by atoms with Gasteiger partial charge >= 0.3 is 0 Å². The van der Waals surface area contributed by atoms with Crippen molar-refractivity contribution in [1.29, 1.82) is 5.26 Å². The fourth-order valence-electron chi connectivity index (χ4n) is 4.18. The van der Waals surface area contributed by atoms with Crippen molar-refractivity contribution in [3.63, 3.8) is 0 Å². The number of hydrogen-bond donors (Lipinski definition) is 1. The summed E-state index contributed by atoms with van der Waals surface area (Å²) in [6.45, 7) is 4.81. The molecule has 1 saturated heterocycles. The molecular formula is C22H27N5OS. The lowest BCUT2D eigenvalue weighted by Crippen LogP contribution is -2.52. The molecule has 0 bridgehead atoms. The predicted molar refractivity (Wildman–Crippen MR) is 114 cm³/mol. The van der Waals surface area contributed by atoms with E-state index in [1.54, 1.807) is 11.3 Å². The van der Waals surface area contributed by atoms with Gasteiger partial charge in [0.1, 0.15) is 10.5 Å². The number of benzene rings is 1. The molecule has 0 unspecified atom stereocenters. The normalized spacial score (nSPS) is 19.7. The maximum atomic E-state index is 12.4. The van der Waals surface area contributed by atoms with E-state index in [1.807, 2.05) is 18.2 Å². The number of carbonyl (C=O) groups is 1. The standard InChI is InChI=1S/C22H27N5OS/c23-17-22(8-4-5-9-22)25-20(28)15-27-12-10-26(11-13-27)14-19-16-29-21(24-19)18-6-2-1-3-7-18/h1-3,6-7,16H,4-5,8-15H2,(H,25,28). The second kappa shape index (κ2) is 9.04. The molecule has 1 N–H and O–H groups in total. The van der Waals surface area contributed by atoms with Crippen LogP contribution >= 0.6 is 11.3 Å². The molecule has 29 heavy (non-hydrogen) atoms. The van der Waals surface area contributed by atoms with Crippen molar-refractivity contribution in [1.82, 2.24) is 20.1 Å². The summed E-state index contributed by atoms with van der Waals surface area (Å²) in [6, 6.07) is 12.6. The summed E-state index contributed by atoms with van der Waals surface area (Å²) in [7, 11) is 0. The number of nitrogens with one attached hydrogen (secondary N) is 1. The van der Waals surface area contributed by atoms with Crippen LogP contribution in [0.5, 0.6) is 0 Å². The number of aromatic nitrogens is 1. The van der Waals surface area contributed by atoms with E-state index in [-0.39, 0.29) is 5.91 Å². The molecule has 2 fully saturated rings. The molecule has 2 heterocycles. The van der Waals surface area contributed by atoms with Crippen LogP contribution in [0.4, 0.5) is 0 Å². The van der Waals surface area contributed by atoms with Crippen LogP contribution in [0, 0.1) is 11.3 Å². The topological polar surface area (TPSA) is 72.3 Å². The highest BCUT2D eigenvalue weighted by Gasteiger charge is 2.35. The summed E-state index contributed by atoms with van der Waals surface area (Å²) in [5, 5.41) is 15.6. The SMILES string of the molecule is N#CC1(NC(=O)CN2CCN(Cc3csc(-c4ccccc4)n3)CC2)CCCC1. The Hall–Kier alpha value is -2.27. The fraction of sp³-hybridized carbons (Fsp3) is 0.500. The predicted octanol–water partition coefficient (Wildman–Crippen LogP) is 2.88. The zero-order valence-corrected chi connectivity index (χ0v) is 17.5. The smallest absolute Gasteiger partial charge is 0.235 e. The first kappa shape index (κ1) is 20.0. The molecule has 0 radical (unpaired) electrons. The third-order valence-corrected chi connectivity index (χ3v) is 6.78. The molecule has 2 aromatic rings. The summed E-state index contributed by atoms with van der Waals surface area (Å²) >= 11 is 1.69. The molecule has 4 rings (SSSR count). The summed E-state index contributed by atoms with van der Waals surface area (Å²) in [6.07, 6.45) is 3.60. The lowest BCUT2D eigenvalue weighted by Gasteiger charge is -2.34. The molecule has 1 aromatic carbocycles. The van der Waals surface area contributed by atoms with Crippen LogP contribution in [-0.2, 0) is 11.3 Å². The van der Waals surface area contributed by atoms with Gasteiger partial charge in [-0.15, -0.1) is 11.3 Å². The molecule has 0 spiro atoms. The number of hydrogen-bond acceptors (Lipinski definition) is 6. The third-order valence-electron chi connectivity index (χ3n) is 5.84. The number of rotatable bonds is 6. The average molecular weight is 410 g/mol. The van der Waals surface area contributed by atoms with Gasteiger partial charge < -0.3 is 5.32 Å². The first-order valence-corrected chi connectivity index (χ1v) is 11.2. The lowest BCUT2D eigenvalue weighted by molar-refractivity contribution is -0.124. The van der Waals surface area contributed by atoms with Gasteiger partial charge in [0.25, 0.3) is 0 Å². The molecular weight excluding hydrogens is 382 g/mol. The zero-order valence-electron chi connectivity index (χ0n) is 16.6. The van der Waals surface area contributed by atoms with Crippen LogP contribution in [0.3, 0.4) is 0 Å². The number of piperazine rings is 1. The van der Waals surface area contributed by atoms with Gasteiger partial charge in [-0.3, -0.25) is 14.6 Å². The molecule has 1 aliphatic carbocycles. The number of nitrogens with zero attached hydrogens (tertiary/aromatic N) is 4. The van der Waals surface area contributed by atoms with Crippen LogP contribution in [0.15, 0.2) is 35.7 Å². The Morgan fingerprint density at radius 2 is 1.83 bits per heavy atom. The number of nitriles is 1. The van der Waals surface area contributed by atoms with Gasteiger partial charge in [0.05, 0.1) is 18.3 Å². The van der Waals surface area contributed by atoms with E-state index >= 15 is 0 Å². The quantitative estimate of drug-likeness (QED) is 0.794. The van der Waals surface area contributed by atoms with Crippen LogP contribution in [0.1, 0.15) is 31.4 Å². The molecule has 7 heteroatoms. The van der Waals surface area contributed by atoms with E-state index in [0.29, 0.717) is 6.54 Å². The largest absolute Gasteiger partial charge is 0.337 e. The van der Waals surface area contributed by atoms with Crippen LogP contribution < -0.4 is 5.32 Å². The number of thiazole rings is 1. The molecule has 1 aliphatic heterocycles. The summed E-state index contributed by atoms with van der Waals surface area (Å²) in [4.78, 5) is 21.8. The van der Waals surface area contributed by atoms with Crippen molar-refractivity contribution in [3.05, 3.63) is 41.4 Å². The average Bonchev–Trinajstić information content (AvgIpc) is 3.40. The summed E-state index contributed by atoms with van der Waals surface area (Å²) in [5.41, 5.74) is 1.65. The van der Waals surface area contributed by atoms with E-state index in [0.717, 1.165) is 74.7 Å². The van der Waals surface area contributed by atoms with Crippen molar-refractivity contribution < 1.29 is 4.79 Å². The monoisotopic (exact) mass is 409 g/mol. The van der Waals surface area contributed by atoms with Crippen molar-refractivity contribution >= 4 is 17.2 Å². The minimum absolute atomic E-state index is 0.0195. The maximum absolute atomic E-state index is 12.4. The molecule has 2 aliphatic rings. The molecule has 1 saturated carbocycles. The Balaban J connectivity index is 1.23. The van der Waals surface area contributed by atoms with Gasteiger partial charge in [0.15, 0.2) is 0 Å². The highest BCUT2D eigenvalue weighted by atomic mass is 32.1. The highest BCUT2D eigenvalue weighted by molar-refractivity contribution is 7.13. The molecule has 152 valence electrons. The van der Waals surface area contributed by atoms with E-state index in [9.17, 15) is 10.1 Å². The van der Waals surface area contributed by atoms with Crippen molar-refractivity contribution in [2.45, 2.75) is 37.8 Å². The van der Waals surface area contributed by atoms with Crippen molar-refractivity contribution in [2.75, 3.05) is 32.7 Å². The summed E-state index contributed by atoms with van der Waals surface area (Å²) in [5.74, 6) is -0.0195. The van der Waals surface area contributed by atoms with E-state index in [1.165, 1.54) is 0 Å². The first-order chi connectivity index (χ1) is 14.2. The zero-order chi connectivity index (χ0) is 20.1. The fourth-order valence-corrected chi connectivity index (χ4v) is 5.00. The third kappa shape index (κ3) is 5.02. The van der Waals surface area contributed by atoms with Gasteiger partial charge in [0.2, 0.25) is 5.91 Å². The lowest BCUT2D eigenvalue weighted by atomic mass is 10.00. The van der Waals surface area contributed by atoms with Crippen molar-refractivity contribution in [2.24, 2.45) is 0 Å². The van der Waals surface area contributed by atoms with E-state index < -0.39 is 5.54 Å². The molecule has 1 aromatic heterocycles. The number of amides is 1. The van der Waals surface area contributed by atoms with Gasteiger partial charge in [-0.2, -0.15) is 5.26 Å². The highest BCUT2D eigenvalue weighted by Crippen LogP contribution is 2.29. The van der Waals surface area contributed by atoms with Crippen molar-refractivity contribution in [3.8, 4) is 16.6 Å². The number of carbonyl (C=O) groups excluding carboxylic acids is 1. The van der Waals surface area contributed by atoms with Gasteiger partial charge in [-0.05, 0) is 25.7 Å². The summed E-state index contributed by atoms with van der Waals surface area (Å²) < 4.78 is 0. The Morgan fingerprint density at radius 1 is 1.14 bits per heavy atom. The first-order valence-electron chi connectivity index (χ1n) is 10.3. The maximum Gasteiger partial charge on any atom is 0.235 e. The Kier molecular flexibility index (Phi) is 6.24.